The first-order valence-corrected chi connectivity index (χ1v) is 4.02. The van der Waals surface area contributed by atoms with Gasteiger partial charge in [-0.3, -0.25) is 4.79 Å². The Morgan fingerprint density at radius 2 is 2.25 bits per heavy atom. The van der Waals surface area contributed by atoms with E-state index >= 15 is 0 Å². The summed E-state index contributed by atoms with van der Waals surface area (Å²) in [6, 6.07) is 7.78. The summed E-state index contributed by atoms with van der Waals surface area (Å²) in [7, 11) is 0. The maximum atomic E-state index is 11.0. The van der Waals surface area contributed by atoms with Crippen molar-refractivity contribution in [2.45, 2.75) is 19.4 Å². The molecule has 0 bridgehead atoms. The van der Waals surface area contributed by atoms with E-state index in [0.29, 0.717) is 0 Å². The smallest absolute Gasteiger partial charge is 0.170 e. The van der Waals surface area contributed by atoms with Gasteiger partial charge < -0.3 is 4.74 Å². The summed E-state index contributed by atoms with van der Waals surface area (Å²) < 4.78 is 5.42. The molecule has 0 spiro atoms. The van der Waals surface area contributed by atoms with Crippen LogP contribution in [0.3, 0.4) is 0 Å². The number of ketones is 1. The van der Waals surface area contributed by atoms with Gasteiger partial charge in [0.15, 0.2) is 11.9 Å². The molecule has 0 unspecified atom stereocenters. The van der Waals surface area contributed by atoms with Gasteiger partial charge in [0.2, 0.25) is 0 Å². The van der Waals surface area contributed by atoms with Crippen LogP contribution >= 0.6 is 0 Å². The molecule has 0 aromatic heterocycles. The minimum Gasteiger partial charge on any atom is -0.482 e. The number of fused-ring (bicyclic) bond motifs is 1. The number of hydrogen-bond acceptors (Lipinski definition) is 2. The van der Waals surface area contributed by atoms with Gasteiger partial charge in [0.1, 0.15) is 5.75 Å². The van der Waals surface area contributed by atoms with Crippen molar-refractivity contribution in [3.63, 3.8) is 0 Å². The first-order chi connectivity index (χ1) is 5.77. The lowest BCUT2D eigenvalue weighted by Crippen LogP contribution is -2.21. The number of carbonyl (C=O) groups is 1. The van der Waals surface area contributed by atoms with Crippen LogP contribution in [0, 0.1) is 0 Å². The van der Waals surface area contributed by atoms with Crippen molar-refractivity contribution in [3.8, 4) is 5.75 Å². The van der Waals surface area contributed by atoms with Gasteiger partial charge in [-0.1, -0.05) is 18.2 Å². The SMILES string of the molecule is CC(=O)[C@H]1Cc2ccccc2O1. The van der Waals surface area contributed by atoms with E-state index < -0.39 is 0 Å². The average Bonchev–Trinajstić information content (AvgIpc) is 2.46. The van der Waals surface area contributed by atoms with Crippen molar-refractivity contribution in [1.29, 1.82) is 0 Å². The zero-order valence-electron chi connectivity index (χ0n) is 6.91. The second-order valence-electron chi connectivity index (χ2n) is 3.03. The molecule has 0 radical (unpaired) electrons. The van der Waals surface area contributed by atoms with Gasteiger partial charge in [-0.25, -0.2) is 0 Å². The highest BCUT2D eigenvalue weighted by Crippen LogP contribution is 2.28. The Morgan fingerprint density at radius 3 is 2.92 bits per heavy atom. The topological polar surface area (TPSA) is 26.3 Å². The lowest BCUT2D eigenvalue weighted by atomic mass is 10.1. The first-order valence-electron chi connectivity index (χ1n) is 4.02. The van der Waals surface area contributed by atoms with Crippen molar-refractivity contribution < 1.29 is 9.53 Å². The highest BCUT2D eigenvalue weighted by Gasteiger charge is 2.25. The van der Waals surface area contributed by atoms with Crippen LogP contribution in [0.1, 0.15) is 12.5 Å². The van der Waals surface area contributed by atoms with Gasteiger partial charge in [0.25, 0.3) is 0 Å². The lowest BCUT2D eigenvalue weighted by molar-refractivity contribution is -0.122. The lowest BCUT2D eigenvalue weighted by Gasteiger charge is -2.04. The predicted molar refractivity (Wildman–Crippen MR) is 45.2 cm³/mol. The molecule has 1 atom stereocenters. The highest BCUT2D eigenvalue weighted by molar-refractivity contribution is 5.82. The van der Waals surface area contributed by atoms with E-state index in [1.54, 1.807) is 6.92 Å². The summed E-state index contributed by atoms with van der Waals surface area (Å²) in [5.41, 5.74) is 1.14. The highest BCUT2D eigenvalue weighted by atomic mass is 16.5. The molecule has 1 aromatic rings. The summed E-state index contributed by atoms with van der Waals surface area (Å²) in [5.74, 6) is 0.962. The average molecular weight is 162 g/mol. The van der Waals surface area contributed by atoms with E-state index in [0.717, 1.165) is 17.7 Å². The van der Waals surface area contributed by atoms with E-state index in [1.165, 1.54) is 0 Å². The molecule has 1 heterocycles. The second kappa shape index (κ2) is 2.63. The Bertz CT molecular complexity index is 292. The number of rotatable bonds is 1. The van der Waals surface area contributed by atoms with Gasteiger partial charge in [-0.15, -0.1) is 0 Å². The number of benzene rings is 1. The maximum Gasteiger partial charge on any atom is 0.170 e. The fraction of sp³-hybridized carbons (Fsp3) is 0.300. The van der Waals surface area contributed by atoms with Crippen LogP contribution in [0.25, 0.3) is 0 Å². The third-order valence-electron chi connectivity index (χ3n) is 2.10. The largest absolute Gasteiger partial charge is 0.482 e. The molecule has 0 aliphatic carbocycles. The van der Waals surface area contributed by atoms with Crippen molar-refractivity contribution in [3.05, 3.63) is 29.8 Å². The third kappa shape index (κ3) is 1.09. The minimum atomic E-state index is -0.248. The predicted octanol–water partition coefficient (Wildman–Crippen LogP) is 1.58. The summed E-state index contributed by atoms with van der Waals surface area (Å²) in [5, 5.41) is 0. The van der Waals surface area contributed by atoms with E-state index in [4.69, 9.17) is 4.74 Å². The molecule has 1 aliphatic rings. The molecule has 2 nitrogen and oxygen atoms in total. The molecule has 0 saturated carbocycles. The van der Waals surface area contributed by atoms with Crippen molar-refractivity contribution in [2.24, 2.45) is 0 Å². The number of para-hydroxylation sites is 1. The van der Waals surface area contributed by atoms with Crippen molar-refractivity contribution in [2.75, 3.05) is 0 Å². The molecular weight excluding hydrogens is 152 g/mol. The molecule has 0 N–H and O–H groups in total. The van der Waals surface area contributed by atoms with Gasteiger partial charge in [-0.05, 0) is 18.6 Å². The van der Waals surface area contributed by atoms with Crippen molar-refractivity contribution >= 4 is 5.78 Å². The molecule has 12 heavy (non-hydrogen) atoms. The third-order valence-corrected chi connectivity index (χ3v) is 2.10. The first kappa shape index (κ1) is 7.35. The van der Waals surface area contributed by atoms with E-state index in [-0.39, 0.29) is 11.9 Å². The van der Waals surface area contributed by atoms with Gasteiger partial charge >= 0.3 is 0 Å². The summed E-state index contributed by atoms with van der Waals surface area (Å²) in [4.78, 5) is 11.0. The molecule has 2 rings (SSSR count). The Kier molecular flexibility index (Phi) is 1.61. The van der Waals surface area contributed by atoms with Crippen LogP contribution in [0.15, 0.2) is 24.3 Å². The number of ether oxygens (including phenoxy) is 1. The molecule has 1 aromatic carbocycles. The van der Waals surface area contributed by atoms with Crippen LogP contribution in [0.2, 0.25) is 0 Å². The van der Waals surface area contributed by atoms with E-state index in [2.05, 4.69) is 0 Å². The van der Waals surface area contributed by atoms with Crippen LogP contribution in [-0.2, 0) is 11.2 Å². The molecule has 0 saturated heterocycles. The summed E-state index contributed by atoms with van der Waals surface area (Å²) >= 11 is 0. The molecule has 62 valence electrons. The monoisotopic (exact) mass is 162 g/mol. The zero-order chi connectivity index (χ0) is 8.55. The molecule has 1 aliphatic heterocycles. The Morgan fingerprint density at radius 1 is 1.50 bits per heavy atom. The van der Waals surface area contributed by atoms with Crippen molar-refractivity contribution in [1.82, 2.24) is 0 Å². The molecular formula is C10H10O2. The summed E-state index contributed by atoms with van der Waals surface area (Å²) in [6.45, 7) is 1.57. The Balaban J connectivity index is 2.27. The normalized spacial score (nSPS) is 19.9. The Labute approximate surface area is 71.2 Å². The van der Waals surface area contributed by atoms with Crippen LogP contribution in [0.5, 0.6) is 5.75 Å². The van der Waals surface area contributed by atoms with Crippen LogP contribution in [0.4, 0.5) is 0 Å². The maximum absolute atomic E-state index is 11.0. The number of hydrogen-bond donors (Lipinski definition) is 0. The summed E-state index contributed by atoms with van der Waals surface area (Å²) in [6.07, 6.45) is 0.480. The van der Waals surface area contributed by atoms with E-state index in [9.17, 15) is 4.79 Å². The fourth-order valence-corrected chi connectivity index (χ4v) is 1.41. The number of Topliss-reactive ketones (excluding diaryl/α,β-unsaturated/α-hetero) is 1. The molecule has 2 heteroatoms. The van der Waals surface area contributed by atoms with Gasteiger partial charge in [0, 0.05) is 6.42 Å². The van der Waals surface area contributed by atoms with Crippen LogP contribution < -0.4 is 4.74 Å². The number of carbonyl (C=O) groups excluding carboxylic acids is 1. The quantitative estimate of drug-likeness (QED) is 0.626. The minimum absolute atomic E-state index is 0.103. The van der Waals surface area contributed by atoms with Gasteiger partial charge in [0.05, 0.1) is 0 Å². The standard InChI is InChI=1S/C10H10O2/c1-7(11)10-6-8-4-2-3-5-9(8)12-10/h2-5,10H,6H2,1H3/t10-/m1/s1. The molecule has 0 amide bonds. The van der Waals surface area contributed by atoms with Gasteiger partial charge in [-0.2, -0.15) is 0 Å². The second-order valence-corrected chi connectivity index (χ2v) is 3.03. The molecule has 0 fully saturated rings. The van der Waals surface area contributed by atoms with E-state index in [1.807, 2.05) is 24.3 Å². The Hall–Kier alpha value is -1.31. The fourth-order valence-electron chi connectivity index (χ4n) is 1.41. The zero-order valence-corrected chi connectivity index (χ0v) is 6.91. The van der Waals surface area contributed by atoms with Crippen LogP contribution in [-0.4, -0.2) is 11.9 Å².